The quantitative estimate of drug-likeness (QED) is 0.787. The molecule has 0 fully saturated rings. The zero-order chi connectivity index (χ0) is 17.5. The number of carbonyl (C=O) groups is 1. The maximum Gasteiger partial charge on any atom is 0.251 e. The van der Waals surface area contributed by atoms with Crippen molar-refractivity contribution >= 4 is 22.4 Å². The van der Waals surface area contributed by atoms with Crippen molar-refractivity contribution in [2.45, 2.75) is 4.90 Å². The largest absolute Gasteiger partial charge is 0.382 e. The number of nitriles is 1. The Balaban J connectivity index is 1.86. The molecule has 2 aromatic carbocycles. The molecule has 0 aliphatic carbocycles. The van der Waals surface area contributed by atoms with Crippen LogP contribution < -0.4 is 10.6 Å². The van der Waals surface area contributed by atoms with Crippen LogP contribution >= 0.6 is 0 Å². The minimum absolute atomic E-state index is 0.0491. The lowest BCUT2D eigenvalue weighted by Gasteiger charge is -2.10. The van der Waals surface area contributed by atoms with E-state index in [-0.39, 0.29) is 11.5 Å². The molecule has 0 bridgehead atoms. The summed E-state index contributed by atoms with van der Waals surface area (Å²) in [5, 5.41) is 14.6. The second kappa shape index (κ2) is 8.22. The van der Waals surface area contributed by atoms with Gasteiger partial charge in [0.1, 0.15) is 17.4 Å². The molecule has 2 N–H and O–H groups in total. The van der Waals surface area contributed by atoms with E-state index in [0.717, 1.165) is 0 Å². The van der Waals surface area contributed by atoms with E-state index in [9.17, 15) is 13.4 Å². The Hall–Kier alpha value is -2.72. The van der Waals surface area contributed by atoms with Gasteiger partial charge < -0.3 is 10.6 Å². The number of nitrogens with zero attached hydrogens (tertiary/aromatic N) is 1. The van der Waals surface area contributed by atoms with Gasteiger partial charge in [-0.15, -0.1) is 0 Å². The number of benzene rings is 2. The Morgan fingerprint density at radius 3 is 2.54 bits per heavy atom. The highest BCUT2D eigenvalue weighted by molar-refractivity contribution is 7.84. The normalized spacial score (nSPS) is 11.4. The van der Waals surface area contributed by atoms with Crippen molar-refractivity contribution < 1.29 is 13.4 Å². The van der Waals surface area contributed by atoms with Crippen molar-refractivity contribution in [1.29, 1.82) is 5.26 Å². The predicted molar refractivity (Wildman–Crippen MR) is 90.7 cm³/mol. The zero-order valence-electron chi connectivity index (χ0n) is 13.0. The molecule has 0 saturated carbocycles. The van der Waals surface area contributed by atoms with Crippen LogP contribution in [0.4, 0.5) is 10.1 Å². The third kappa shape index (κ3) is 4.40. The summed E-state index contributed by atoms with van der Waals surface area (Å²) in [6, 6.07) is 12.7. The maximum absolute atomic E-state index is 13.4. The first-order valence-corrected chi connectivity index (χ1v) is 8.73. The van der Waals surface area contributed by atoms with Crippen LogP contribution in [0, 0.1) is 17.1 Å². The Morgan fingerprint density at radius 2 is 1.92 bits per heavy atom. The summed E-state index contributed by atoms with van der Waals surface area (Å²) in [6.07, 6.45) is 1.57. The standard InChI is InChI=1S/C17H16FN3O2S/c1-24(23)13-7-5-12(6-8-13)17(22)21-10-9-20-16-4-2-3-15(18)14(16)11-19/h2-8,20H,9-10H2,1H3,(H,21,22)/t24-/m1/s1. The average Bonchev–Trinajstić information content (AvgIpc) is 2.58. The van der Waals surface area contributed by atoms with E-state index in [1.807, 2.05) is 0 Å². The summed E-state index contributed by atoms with van der Waals surface area (Å²) in [6.45, 7) is 0.655. The lowest BCUT2D eigenvalue weighted by molar-refractivity contribution is 0.0955. The summed E-state index contributed by atoms with van der Waals surface area (Å²) in [4.78, 5) is 12.6. The van der Waals surface area contributed by atoms with Crippen LogP contribution in [0.15, 0.2) is 47.4 Å². The number of anilines is 1. The molecule has 5 nitrogen and oxygen atoms in total. The summed E-state index contributed by atoms with van der Waals surface area (Å²) < 4.78 is 24.7. The third-order valence-corrected chi connectivity index (χ3v) is 4.24. The molecule has 0 aliphatic rings. The summed E-state index contributed by atoms with van der Waals surface area (Å²) in [5.41, 5.74) is 0.807. The van der Waals surface area contributed by atoms with Crippen molar-refractivity contribution in [2.75, 3.05) is 24.7 Å². The van der Waals surface area contributed by atoms with Gasteiger partial charge in [-0.1, -0.05) is 6.07 Å². The zero-order valence-corrected chi connectivity index (χ0v) is 13.8. The van der Waals surface area contributed by atoms with Crippen LogP contribution in [0.5, 0.6) is 0 Å². The molecule has 124 valence electrons. The first kappa shape index (κ1) is 17.6. The van der Waals surface area contributed by atoms with E-state index in [1.165, 1.54) is 12.1 Å². The molecular formula is C17H16FN3O2S. The number of amides is 1. The molecule has 0 heterocycles. The van der Waals surface area contributed by atoms with Crippen molar-refractivity contribution in [2.24, 2.45) is 0 Å². The predicted octanol–water partition coefficient (Wildman–Crippen LogP) is 2.28. The smallest absolute Gasteiger partial charge is 0.251 e. The number of hydrogen-bond acceptors (Lipinski definition) is 4. The molecule has 24 heavy (non-hydrogen) atoms. The molecule has 2 rings (SSSR count). The van der Waals surface area contributed by atoms with Crippen molar-refractivity contribution in [1.82, 2.24) is 5.32 Å². The summed E-state index contributed by atoms with van der Waals surface area (Å²) in [5.74, 6) is -0.843. The highest BCUT2D eigenvalue weighted by atomic mass is 32.2. The number of nitrogens with one attached hydrogen (secondary N) is 2. The van der Waals surface area contributed by atoms with Crippen molar-refractivity contribution in [3.05, 3.63) is 59.4 Å². The minimum atomic E-state index is -1.08. The van der Waals surface area contributed by atoms with Gasteiger partial charge >= 0.3 is 0 Å². The second-order valence-electron chi connectivity index (χ2n) is 4.94. The van der Waals surface area contributed by atoms with Gasteiger partial charge in [0.05, 0.1) is 5.69 Å². The van der Waals surface area contributed by atoms with E-state index in [1.54, 1.807) is 42.7 Å². The van der Waals surface area contributed by atoms with Crippen LogP contribution in [0.25, 0.3) is 0 Å². The lowest BCUT2D eigenvalue weighted by atomic mass is 10.2. The average molecular weight is 345 g/mol. The topological polar surface area (TPSA) is 82.0 Å². The fourth-order valence-electron chi connectivity index (χ4n) is 2.06. The summed E-state index contributed by atoms with van der Waals surface area (Å²) >= 11 is 0. The number of carbonyl (C=O) groups excluding carboxylic acids is 1. The Kier molecular flexibility index (Phi) is 6.04. The molecule has 1 atom stereocenters. The number of rotatable bonds is 6. The van der Waals surface area contributed by atoms with E-state index >= 15 is 0 Å². The Bertz CT molecular complexity index is 800. The molecule has 0 unspecified atom stereocenters. The first-order valence-electron chi connectivity index (χ1n) is 7.17. The Labute approximate surface area is 142 Å². The maximum atomic E-state index is 13.4. The molecule has 7 heteroatoms. The van der Waals surface area contributed by atoms with E-state index < -0.39 is 16.6 Å². The van der Waals surface area contributed by atoms with Gasteiger partial charge in [-0.05, 0) is 36.4 Å². The van der Waals surface area contributed by atoms with Gasteiger partial charge in [0, 0.05) is 40.6 Å². The van der Waals surface area contributed by atoms with E-state index in [4.69, 9.17) is 5.26 Å². The van der Waals surface area contributed by atoms with Crippen LogP contribution in [0.1, 0.15) is 15.9 Å². The van der Waals surface area contributed by atoms with Crippen LogP contribution in [-0.4, -0.2) is 29.5 Å². The first-order chi connectivity index (χ1) is 11.5. The summed E-state index contributed by atoms with van der Waals surface area (Å²) in [7, 11) is -1.08. The number of hydrogen-bond donors (Lipinski definition) is 2. The minimum Gasteiger partial charge on any atom is -0.382 e. The van der Waals surface area contributed by atoms with Gasteiger partial charge in [0.15, 0.2) is 0 Å². The molecule has 0 aliphatic heterocycles. The molecule has 0 spiro atoms. The highest BCUT2D eigenvalue weighted by Gasteiger charge is 2.08. The molecule has 1 amide bonds. The van der Waals surface area contributed by atoms with Crippen molar-refractivity contribution in [3.63, 3.8) is 0 Å². The second-order valence-corrected chi connectivity index (χ2v) is 6.32. The van der Waals surface area contributed by atoms with Gasteiger partial charge in [-0.2, -0.15) is 5.26 Å². The van der Waals surface area contributed by atoms with Crippen LogP contribution in [0.2, 0.25) is 0 Å². The molecular weight excluding hydrogens is 329 g/mol. The van der Waals surface area contributed by atoms with Gasteiger partial charge in [0.25, 0.3) is 5.91 Å². The fraction of sp³-hybridized carbons (Fsp3) is 0.176. The monoisotopic (exact) mass is 345 g/mol. The SMILES string of the molecule is C[S@@](=O)c1ccc(C(=O)NCCNc2cccc(F)c2C#N)cc1. The van der Waals surface area contributed by atoms with E-state index in [2.05, 4.69) is 10.6 Å². The van der Waals surface area contributed by atoms with Gasteiger partial charge in [-0.25, -0.2) is 4.39 Å². The molecule has 0 aromatic heterocycles. The van der Waals surface area contributed by atoms with Crippen molar-refractivity contribution in [3.8, 4) is 6.07 Å². The fourth-order valence-corrected chi connectivity index (χ4v) is 2.58. The molecule has 0 saturated heterocycles. The van der Waals surface area contributed by atoms with Gasteiger partial charge in [-0.3, -0.25) is 9.00 Å². The Morgan fingerprint density at radius 1 is 1.21 bits per heavy atom. The number of halogens is 1. The van der Waals surface area contributed by atoms with Crippen LogP contribution in [-0.2, 0) is 10.8 Å². The van der Waals surface area contributed by atoms with Crippen LogP contribution in [0.3, 0.4) is 0 Å². The molecule has 0 radical (unpaired) electrons. The van der Waals surface area contributed by atoms with E-state index in [0.29, 0.717) is 29.2 Å². The van der Waals surface area contributed by atoms with Gasteiger partial charge in [0.2, 0.25) is 0 Å². The lowest BCUT2D eigenvalue weighted by Crippen LogP contribution is -2.28. The third-order valence-electron chi connectivity index (χ3n) is 3.30. The highest BCUT2D eigenvalue weighted by Crippen LogP contribution is 2.17. The molecule has 2 aromatic rings.